The summed E-state index contributed by atoms with van der Waals surface area (Å²) in [6.07, 6.45) is 6.32. The molecule has 0 aliphatic carbocycles. The molecule has 112 valence electrons. The maximum absolute atomic E-state index is 5.65. The zero-order valence-corrected chi connectivity index (χ0v) is 15.1. The Kier molecular flexibility index (Phi) is 6.14. The first-order valence-corrected chi connectivity index (χ1v) is 8.30. The lowest BCUT2D eigenvalue weighted by Gasteiger charge is -2.18. The lowest BCUT2D eigenvalue weighted by Crippen LogP contribution is -2.19. The van der Waals surface area contributed by atoms with E-state index in [0.29, 0.717) is 6.61 Å². The van der Waals surface area contributed by atoms with Crippen LogP contribution in [0.1, 0.15) is 30.6 Å². The van der Waals surface area contributed by atoms with Gasteiger partial charge in [0.1, 0.15) is 5.75 Å². The van der Waals surface area contributed by atoms with Gasteiger partial charge in [-0.15, -0.1) is 0 Å². The van der Waals surface area contributed by atoms with E-state index in [9.17, 15) is 0 Å². The van der Waals surface area contributed by atoms with Crippen LogP contribution in [0.4, 0.5) is 0 Å². The van der Waals surface area contributed by atoms with Gasteiger partial charge in [0.2, 0.25) is 0 Å². The van der Waals surface area contributed by atoms with Gasteiger partial charge in [-0.1, -0.05) is 6.92 Å². The number of ether oxygens (including phenoxy) is 1. The Hall–Kier alpha value is -0.980. The third-order valence-electron chi connectivity index (χ3n) is 2.94. The second kappa shape index (κ2) is 7.87. The third-order valence-corrected chi connectivity index (χ3v) is 4.01. The van der Waals surface area contributed by atoms with Crippen LogP contribution in [0.3, 0.4) is 0 Å². The maximum Gasteiger partial charge on any atom is 0.137 e. The molecular weight excluding hydrogens is 398 g/mol. The second-order valence-electron chi connectivity index (χ2n) is 4.54. The molecule has 2 heterocycles. The van der Waals surface area contributed by atoms with Crippen LogP contribution >= 0.6 is 31.9 Å². The standard InChI is InChI=1S/C15H17Br2N3O/c1-3-4-21-12-5-10(7-19-9-12)14(18-2)15-13(17)6-11(16)8-20-15/h5-9,14,18H,3-4H2,1-2H3. The third kappa shape index (κ3) is 4.25. The van der Waals surface area contributed by atoms with E-state index in [4.69, 9.17) is 4.74 Å². The van der Waals surface area contributed by atoms with E-state index < -0.39 is 0 Å². The highest BCUT2D eigenvalue weighted by atomic mass is 79.9. The summed E-state index contributed by atoms with van der Waals surface area (Å²) in [6.45, 7) is 2.77. The molecule has 1 N–H and O–H groups in total. The van der Waals surface area contributed by atoms with Crippen molar-refractivity contribution in [1.82, 2.24) is 15.3 Å². The summed E-state index contributed by atoms with van der Waals surface area (Å²) in [5.41, 5.74) is 1.93. The lowest BCUT2D eigenvalue weighted by atomic mass is 10.1. The van der Waals surface area contributed by atoms with E-state index in [1.54, 1.807) is 12.4 Å². The summed E-state index contributed by atoms with van der Waals surface area (Å²) < 4.78 is 7.52. The Morgan fingerprint density at radius 2 is 2.05 bits per heavy atom. The van der Waals surface area contributed by atoms with Crippen LogP contribution in [-0.4, -0.2) is 23.6 Å². The minimum atomic E-state index is -0.0508. The summed E-state index contributed by atoms with van der Waals surface area (Å²) >= 11 is 6.98. The zero-order valence-electron chi connectivity index (χ0n) is 11.9. The number of halogens is 2. The number of hydrogen-bond donors (Lipinski definition) is 1. The molecule has 2 rings (SSSR count). The summed E-state index contributed by atoms with van der Waals surface area (Å²) in [6, 6.07) is 3.93. The molecule has 0 aliphatic heterocycles. The molecule has 2 aromatic heterocycles. The Balaban J connectivity index is 2.32. The molecule has 0 radical (unpaired) electrons. The molecule has 6 heteroatoms. The molecule has 0 aromatic carbocycles. The van der Waals surface area contributed by atoms with Crippen molar-refractivity contribution in [3.05, 3.63) is 50.9 Å². The Labute approximate surface area is 141 Å². The van der Waals surface area contributed by atoms with Crippen molar-refractivity contribution < 1.29 is 4.74 Å². The predicted molar refractivity (Wildman–Crippen MR) is 90.6 cm³/mol. The van der Waals surface area contributed by atoms with Crippen molar-refractivity contribution in [3.8, 4) is 5.75 Å². The summed E-state index contributed by atoms with van der Waals surface area (Å²) in [4.78, 5) is 8.75. The van der Waals surface area contributed by atoms with Crippen LogP contribution < -0.4 is 10.1 Å². The first-order valence-electron chi connectivity index (χ1n) is 6.71. The topological polar surface area (TPSA) is 47.0 Å². The quantitative estimate of drug-likeness (QED) is 0.772. The largest absolute Gasteiger partial charge is 0.492 e. The van der Waals surface area contributed by atoms with Crippen molar-refractivity contribution >= 4 is 31.9 Å². The highest BCUT2D eigenvalue weighted by Crippen LogP contribution is 2.29. The Morgan fingerprint density at radius 3 is 2.71 bits per heavy atom. The molecular formula is C15H17Br2N3O. The predicted octanol–water partition coefficient (Wildman–Crippen LogP) is 4.10. The van der Waals surface area contributed by atoms with Crippen LogP contribution in [0.2, 0.25) is 0 Å². The van der Waals surface area contributed by atoms with Crippen LogP contribution in [0, 0.1) is 0 Å². The maximum atomic E-state index is 5.65. The fraction of sp³-hybridized carbons (Fsp3) is 0.333. The smallest absolute Gasteiger partial charge is 0.137 e. The van der Waals surface area contributed by atoms with Gasteiger partial charge < -0.3 is 10.1 Å². The van der Waals surface area contributed by atoms with Gasteiger partial charge in [0.05, 0.1) is 24.5 Å². The van der Waals surface area contributed by atoms with E-state index in [-0.39, 0.29) is 6.04 Å². The molecule has 1 atom stereocenters. The van der Waals surface area contributed by atoms with Crippen molar-refractivity contribution in [2.24, 2.45) is 0 Å². The second-order valence-corrected chi connectivity index (χ2v) is 6.31. The van der Waals surface area contributed by atoms with Crippen LogP contribution in [-0.2, 0) is 0 Å². The number of nitrogens with one attached hydrogen (secondary N) is 1. The van der Waals surface area contributed by atoms with E-state index in [1.165, 1.54) is 0 Å². The fourth-order valence-electron chi connectivity index (χ4n) is 1.99. The van der Waals surface area contributed by atoms with Gasteiger partial charge in [-0.2, -0.15) is 0 Å². The van der Waals surface area contributed by atoms with Gasteiger partial charge >= 0.3 is 0 Å². The monoisotopic (exact) mass is 413 g/mol. The first-order chi connectivity index (χ1) is 10.2. The highest BCUT2D eigenvalue weighted by molar-refractivity contribution is 9.11. The number of hydrogen-bond acceptors (Lipinski definition) is 4. The molecule has 0 saturated heterocycles. The van der Waals surface area contributed by atoms with E-state index >= 15 is 0 Å². The summed E-state index contributed by atoms with van der Waals surface area (Å²) in [5.74, 6) is 0.780. The molecule has 0 bridgehead atoms. The van der Waals surface area contributed by atoms with E-state index in [2.05, 4.69) is 54.1 Å². The SMILES string of the molecule is CCCOc1cncc(C(NC)c2ncc(Br)cc2Br)c1. The number of pyridine rings is 2. The minimum absolute atomic E-state index is 0.0508. The van der Waals surface area contributed by atoms with Gasteiger partial charge in [0.15, 0.2) is 0 Å². The molecule has 0 aliphatic rings. The van der Waals surface area contributed by atoms with Gasteiger partial charge in [0.25, 0.3) is 0 Å². The number of rotatable bonds is 6. The lowest BCUT2D eigenvalue weighted by molar-refractivity contribution is 0.315. The van der Waals surface area contributed by atoms with Gasteiger partial charge in [-0.3, -0.25) is 9.97 Å². The van der Waals surface area contributed by atoms with Crippen LogP contribution in [0.15, 0.2) is 39.7 Å². The molecule has 2 aromatic rings. The molecule has 0 spiro atoms. The van der Waals surface area contributed by atoms with Crippen LogP contribution in [0.25, 0.3) is 0 Å². The normalized spacial score (nSPS) is 12.2. The average molecular weight is 415 g/mol. The average Bonchev–Trinajstić information content (AvgIpc) is 2.48. The number of nitrogens with zero attached hydrogens (tertiary/aromatic N) is 2. The summed E-state index contributed by atoms with van der Waals surface area (Å²) in [7, 11) is 1.90. The highest BCUT2D eigenvalue weighted by Gasteiger charge is 2.17. The number of aromatic nitrogens is 2. The Bertz CT molecular complexity index is 607. The minimum Gasteiger partial charge on any atom is -0.492 e. The van der Waals surface area contributed by atoms with Gasteiger partial charge in [0, 0.05) is 21.3 Å². The molecule has 21 heavy (non-hydrogen) atoms. The van der Waals surface area contributed by atoms with Gasteiger partial charge in [-0.05, 0) is 63.0 Å². The summed E-state index contributed by atoms with van der Waals surface area (Å²) in [5, 5.41) is 3.27. The van der Waals surface area contributed by atoms with E-state index in [0.717, 1.165) is 32.4 Å². The van der Waals surface area contributed by atoms with Crippen molar-refractivity contribution in [1.29, 1.82) is 0 Å². The van der Waals surface area contributed by atoms with Crippen LogP contribution in [0.5, 0.6) is 5.75 Å². The molecule has 0 amide bonds. The van der Waals surface area contributed by atoms with Gasteiger partial charge in [-0.25, -0.2) is 0 Å². The molecule has 0 saturated carbocycles. The fourth-order valence-corrected chi connectivity index (χ4v) is 3.21. The van der Waals surface area contributed by atoms with E-state index in [1.807, 2.05) is 25.4 Å². The van der Waals surface area contributed by atoms with Crippen molar-refractivity contribution in [2.45, 2.75) is 19.4 Å². The first kappa shape index (κ1) is 16.4. The molecule has 1 unspecified atom stereocenters. The van der Waals surface area contributed by atoms with Crippen molar-refractivity contribution in [2.75, 3.05) is 13.7 Å². The van der Waals surface area contributed by atoms with Crippen molar-refractivity contribution in [3.63, 3.8) is 0 Å². The molecule has 4 nitrogen and oxygen atoms in total. The molecule has 0 fully saturated rings. The zero-order chi connectivity index (χ0) is 15.2. The Morgan fingerprint density at radius 1 is 1.24 bits per heavy atom.